The molecule has 2 aliphatic rings. The molecule has 2 aliphatic heterocycles. The first-order chi connectivity index (χ1) is 11.9. The van der Waals surface area contributed by atoms with Crippen molar-refractivity contribution in [3.63, 3.8) is 0 Å². The van der Waals surface area contributed by atoms with E-state index >= 15 is 0 Å². The number of carboxylic acid groups (broad SMARTS) is 1. The summed E-state index contributed by atoms with van der Waals surface area (Å²) in [5.41, 5.74) is -1.01. The highest BCUT2D eigenvalue weighted by Crippen LogP contribution is 2.40. The van der Waals surface area contributed by atoms with Gasteiger partial charge in [-0.05, 0) is 18.2 Å². The molecule has 25 heavy (non-hydrogen) atoms. The number of halogens is 1. The van der Waals surface area contributed by atoms with E-state index in [4.69, 9.17) is 0 Å². The molecule has 1 aromatic heterocycles. The number of nitrogens with one attached hydrogen (secondary N) is 2. The molecule has 2 aromatic rings. The number of aromatic amines is 1. The Balaban J connectivity index is 1.75. The van der Waals surface area contributed by atoms with Gasteiger partial charge in [-0.3, -0.25) is 14.4 Å². The van der Waals surface area contributed by atoms with Crippen LogP contribution in [-0.4, -0.2) is 53.0 Å². The summed E-state index contributed by atoms with van der Waals surface area (Å²) in [6.07, 6.45) is 0. The van der Waals surface area contributed by atoms with Crippen LogP contribution in [0.25, 0.3) is 10.9 Å². The Morgan fingerprint density at radius 3 is 2.84 bits per heavy atom. The minimum absolute atomic E-state index is 0.0719. The van der Waals surface area contributed by atoms with Gasteiger partial charge in [0.15, 0.2) is 0 Å². The van der Waals surface area contributed by atoms with Crippen LogP contribution in [0.3, 0.4) is 0 Å². The third kappa shape index (κ3) is 2.32. The molecular formula is C17H16FN3O4. The molecule has 0 radical (unpaired) electrons. The molecule has 1 amide bonds. The Morgan fingerprint density at radius 1 is 1.32 bits per heavy atom. The van der Waals surface area contributed by atoms with E-state index in [1.165, 1.54) is 23.1 Å². The van der Waals surface area contributed by atoms with Crippen molar-refractivity contribution in [3.05, 3.63) is 46.0 Å². The molecule has 8 heteroatoms. The zero-order valence-electron chi connectivity index (χ0n) is 13.2. The smallest absolute Gasteiger partial charge is 0.313 e. The van der Waals surface area contributed by atoms with Crippen molar-refractivity contribution in [1.29, 1.82) is 0 Å². The second-order valence-corrected chi connectivity index (χ2v) is 6.71. The van der Waals surface area contributed by atoms with Crippen LogP contribution in [0.15, 0.2) is 29.1 Å². The average molecular weight is 345 g/mol. The Hall–Kier alpha value is -2.74. The Morgan fingerprint density at radius 2 is 2.12 bits per heavy atom. The molecular weight excluding hydrogens is 329 g/mol. The quantitative estimate of drug-likeness (QED) is 0.732. The van der Waals surface area contributed by atoms with Gasteiger partial charge in [0, 0.05) is 49.1 Å². The number of amides is 1. The monoisotopic (exact) mass is 345 g/mol. The van der Waals surface area contributed by atoms with E-state index in [-0.39, 0.29) is 18.0 Å². The number of pyridine rings is 1. The number of aliphatic carboxylic acids is 1. The molecule has 7 nitrogen and oxygen atoms in total. The summed E-state index contributed by atoms with van der Waals surface area (Å²) >= 11 is 0. The largest absolute Gasteiger partial charge is 0.481 e. The van der Waals surface area contributed by atoms with Crippen molar-refractivity contribution in [1.82, 2.24) is 15.2 Å². The molecule has 0 bridgehead atoms. The zero-order valence-corrected chi connectivity index (χ0v) is 13.2. The van der Waals surface area contributed by atoms with Gasteiger partial charge in [0.05, 0.1) is 5.56 Å². The van der Waals surface area contributed by atoms with Crippen LogP contribution in [0, 0.1) is 17.2 Å². The first kappa shape index (κ1) is 15.8. The normalized spacial score (nSPS) is 25.3. The second-order valence-electron chi connectivity index (χ2n) is 6.71. The van der Waals surface area contributed by atoms with Crippen molar-refractivity contribution >= 4 is 22.8 Å². The van der Waals surface area contributed by atoms with E-state index in [1.54, 1.807) is 0 Å². The minimum Gasteiger partial charge on any atom is -0.481 e. The number of hydrogen-bond acceptors (Lipinski definition) is 4. The molecule has 2 saturated heterocycles. The van der Waals surface area contributed by atoms with Crippen molar-refractivity contribution in [2.45, 2.75) is 0 Å². The van der Waals surface area contributed by atoms with Crippen molar-refractivity contribution in [2.24, 2.45) is 11.3 Å². The maximum atomic E-state index is 13.6. The predicted molar refractivity (Wildman–Crippen MR) is 86.9 cm³/mol. The maximum absolute atomic E-state index is 13.6. The van der Waals surface area contributed by atoms with Gasteiger partial charge in [-0.2, -0.15) is 0 Å². The average Bonchev–Trinajstić information content (AvgIpc) is 3.12. The highest BCUT2D eigenvalue weighted by atomic mass is 19.1. The van der Waals surface area contributed by atoms with Crippen LogP contribution in [0.4, 0.5) is 4.39 Å². The van der Waals surface area contributed by atoms with Crippen molar-refractivity contribution in [3.8, 4) is 0 Å². The molecule has 2 atom stereocenters. The molecule has 4 rings (SSSR count). The standard InChI is InChI=1S/C17H16FN3O4/c18-10-1-2-13-11(3-10)12(4-14(22)20-13)15(23)21-6-9-5-19-7-17(9,8-21)16(24)25/h1-4,9,19H,5-8H2,(H,20,22)(H,24,25)/t9-,17-/m1/s1. The lowest BCUT2D eigenvalue weighted by Crippen LogP contribution is -2.41. The van der Waals surface area contributed by atoms with E-state index in [2.05, 4.69) is 10.3 Å². The van der Waals surface area contributed by atoms with Gasteiger partial charge >= 0.3 is 5.97 Å². The van der Waals surface area contributed by atoms with Gasteiger partial charge < -0.3 is 20.3 Å². The number of nitrogens with zero attached hydrogens (tertiary/aromatic N) is 1. The van der Waals surface area contributed by atoms with E-state index in [0.29, 0.717) is 30.5 Å². The van der Waals surface area contributed by atoms with Gasteiger partial charge in [0.1, 0.15) is 11.2 Å². The number of aromatic nitrogens is 1. The van der Waals surface area contributed by atoms with Gasteiger partial charge in [-0.25, -0.2) is 4.39 Å². The summed E-state index contributed by atoms with van der Waals surface area (Å²) in [7, 11) is 0. The fraction of sp³-hybridized carbons (Fsp3) is 0.353. The van der Waals surface area contributed by atoms with E-state index < -0.39 is 28.7 Å². The number of H-pyrrole nitrogens is 1. The van der Waals surface area contributed by atoms with Crippen LogP contribution in [0.2, 0.25) is 0 Å². The summed E-state index contributed by atoms with van der Waals surface area (Å²) in [4.78, 5) is 40.6. The maximum Gasteiger partial charge on any atom is 0.313 e. The molecule has 0 unspecified atom stereocenters. The van der Waals surface area contributed by atoms with E-state index in [0.717, 1.165) is 6.07 Å². The summed E-state index contributed by atoms with van der Waals surface area (Å²) in [6, 6.07) is 4.95. The van der Waals surface area contributed by atoms with Gasteiger partial charge in [0.2, 0.25) is 5.56 Å². The number of hydrogen-bond donors (Lipinski definition) is 3. The fourth-order valence-corrected chi connectivity index (χ4v) is 3.95. The summed E-state index contributed by atoms with van der Waals surface area (Å²) in [5.74, 6) is -2.08. The molecule has 0 spiro atoms. The summed E-state index contributed by atoms with van der Waals surface area (Å²) < 4.78 is 13.6. The topological polar surface area (TPSA) is 103 Å². The molecule has 130 valence electrons. The fourth-order valence-electron chi connectivity index (χ4n) is 3.95. The minimum atomic E-state index is -1.00. The zero-order chi connectivity index (χ0) is 17.8. The number of likely N-dealkylation sites (tertiary alicyclic amines) is 1. The van der Waals surface area contributed by atoms with Gasteiger partial charge in [0.25, 0.3) is 5.91 Å². The molecule has 1 aromatic carbocycles. The van der Waals surface area contributed by atoms with Gasteiger partial charge in [-0.15, -0.1) is 0 Å². The first-order valence-electron chi connectivity index (χ1n) is 7.97. The highest BCUT2D eigenvalue weighted by Gasteiger charge is 2.56. The number of rotatable bonds is 2. The lowest BCUT2D eigenvalue weighted by atomic mass is 9.81. The highest BCUT2D eigenvalue weighted by molar-refractivity contribution is 6.06. The number of benzene rings is 1. The number of carbonyl (C=O) groups excluding carboxylic acids is 1. The SMILES string of the molecule is O=C(c1cc(=O)[nH]c2ccc(F)cc12)N1C[C@H]2CNC[C@@]2(C(=O)O)C1. The molecule has 3 heterocycles. The Labute approximate surface area is 141 Å². The third-order valence-electron chi connectivity index (χ3n) is 5.28. The molecule has 2 fully saturated rings. The Bertz CT molecular complexity index is 957. The van der Waals surface area contributed by atoms with Crippen LogP contribution >= 0.6 is 0 Å². The van der Waals surface area contributed by atoms with E-state index in [1.807, 2.05) is 0 Å². The Kier molecular flexibility index (Phi) is 3.40. The van der Waals surface area contributed by atoms with Crippen LogP contribution in [0.5, 0.6) is 0 Å². The van der Waals surface area contributed by atoms with Crippen molar-refractivity contribution in [2.75, 3.05) is 26.2 Å². The van der Waals surface area contributed by atoms with E-state index in [9.17, 15) is 23.9 Å². The van der Waals surface area contributed by atoms with Gasteiger partial charge in [-0.1, -0.05) is 0 Å². The summed E-state index contributed by atoms with van der Waals surface area (Å²) in [6.45, 7) is 1.20. The van der Waals surface area contributed by atoms with Crippen molar-refractivity contribution < 1.29 is 19.1 Å². The molecule has 0 saturated carbocycles. The van der Waals surface area contributed by atoms with Crippen LogP contribution < -0.4 is 10.9 Å². The van der Waals surface area contributed by atoms with Crippen LogP contribution in [0.1, 0.15) is 10.4 Å². The number of carbonyl (C=O) groups is 2. The lowest BCUT2D eigenvalue weighted by Gasteiger charge is -2.23. The first-order valence-corrected chi connectivity index (χ1v) is 7.97. The lowest BCUT2D eigenvalue weighted by molar-refractivity contribution is -0.148. The summed E-state index contributed by atoms with van der Waals surface area (Å²) in [5, 5.41) is 13.0. The van der Waals surface area contributed by atoms with Crippen LogP contribution in [-0.2, 0) is 4.79 Å². The number of carboxylic acids is 1. The number of fused-ring (bicyclic) bond motifs is 2. The third-order valence-corrected chi connectivity index (χ3v) is 5.28. The second kappa shape index (κ2) is 5.38. The molecule has 0 aliphatic carbocycles. The predicted octanol–water partition coefficient (Wildman–Crippen LogP) is 0.413. The molecule has 3 N–H and O–H groups in total.